The van der Waals surface area contributed by atoms with Gasteiger partial charge in [-0.15, -0.1) is 0 Å². The second-order valence-electron chi connectivity index (χ2n) is 4.53. The van der Waals surface area contributed by atoms with Crippen molar-refractivity contribution in [2.45, 2.75) is 39.7 Å². The molecule has 3 N–H and O–H groups in total. The fraction of sp³-hybridized carbons (Fsp3) is 1.00. The summed E-state index contributed by atoms with van der Waals surface area (Å²) >= 11 is 0. The second kappa shape index (κ2) is 3.75. The smallest absolute Gasteiger partial charge is 0.0162 e. The molecule has 0 saturated heterocycles. The lowest BCUT2D eigenvalue weighted by atomic mass is 9.92. The molecule has 0 aromatic rings. The number of hydrogen-bond acceptors (Lipinski definition) is 2. The zero-order valence-electron chi connectivity index (χ0n) is 8.56. The molecular formula is C10H22N2. The summed E-state index contributed by atoms with van der Waals surface area (Å²) < 4.78 is 0. The molecule has 12 heavy (non-hydrogen) atoms. The third-order valence-corrected chi connectivity index (χ3v) is 3.27. The van der Waals surface area contributed by atoms with Gasteiger partial charge in [-0.2, -0.15) is 0 Å². The molecule has 1 unspecified atom stereocenters. The average Bonchev–Trinajstić information content (AvgIpc) is 2.81. The molecule has 1 atom stereocenters. The molecule has 0 bridgehead atoms. The molecular weight excluding hydrogens is 148 g/mol. The highest BCUT2D eigenvalue weighted by Gasteiger charge is 2.44. The van der Waals surface area contributed by atoms with Gasteiger partial charge in [0.05, 0.1) is 0 Å². The Morgan fingerprint density at radius 2 is 1.92 bits per heavy atom. The summed E-state index contributed by atoms with van der Waals surface area (Å²) in [5.41, 5.74) is 6.15. The van der Waals surface area contributed by atoms with E-state index in [1.807, 2.05) is 0 Å². The van der Waals surface area contributed by atoms with Gasteiger partial charge in [-0.05, 0) is 31.1 Å². The number of nitrogens with two attached hydrogens (primary N) is 1. The average molecular weight is 170 g/mol. The van der Waals surface area contributed by atoms with E-state index in [0.717, 1.165) is 19.0 Å². The van der Waals surface area contributed by atoms with E-state index in [0.29, 0.717) is 11.5 Å². The maximum atomic E-state index is 5.54. The highest BCUT2D eigenvalue weighted by atomic mass is 14.9. The zero-order valence-corrected chi connectivity index (χ0v) is 8.56. The zero-order chi connectivity index (χ0) is 9.19. The van der Waals surface area contributed by atoms with Crippen molar-refractivity contribution in [3.05, 3.63) is 0 Å². The predicted molar refractivity (Wildman–Crippen MR) is 53.0 cm³/mol. The first-order valence-electron chi connectivity index (χ1n) is 5.04. The first-order chi connectivity index (χ1) is 5.60. The summed E-state index contributed by atoms with van der Waals surface area (Å²) in [6.07, 6.45) is 2.80. The summed E-state index contributed by atoms with van der Waals surface area (Å²) in [5.74, 6) is 0.815. The molecule has 0 spiro atoms. The lowest BCUT2D eigenvalue weighted by molar-refractivity contribution is 0.325. The number of nitrogens with one attached hydrogen (secondary N) is 1. The van der Waals surface area contributed by atoms with Crippen LogP contribution in [-0.4, -0.2) is 19.1 Å². The van der Waals surface area contributed by atoms with Crippen molar-refractivity contribution >= 4 is 0 Å². The fourth-order valence-electron chi connectivity index (χ4n) is 1.58. The van der Waals surface area contributed by atoms with Crippen LogP contribution in [0.25, 0.3) is 0 Å². The van der Waals surface area contributed by atoms with Crippen LogP contribution in [0.2, 0.25) is 0 Å². The van der Waals surface area contributed by atoms with E-state index < -0.39 is 0 Å². The molecule has 1 aliphatic carbocycles. The van der Waals surface area contributed by atoms with Gasteiger partial charge in [-0.3, -0.25) is 0 Å². The second-order valence-corrected chi connectivity index (χ2v) is 4.53. The largest absolute Gasteiger partial charge is 0.329 e. The first kappa shape index (κ1) is 10.0. The number of hydrogen-bond donors (Lipinski definition) is 2. The van der Waals surface area contributed by atoms with Gasteiger partial charge in [0, 0.05) is 19.1 Å². The van der Waals surface area contributed by atoms with Gasteiger partial charge < -0.3 is 11.1 Å². The summed E-state index contributed by atoms with van der Waals surface area (Å²) in [4.78, 5) is 0. The lowest BCUT2D eigenvalue weighted by Gasteiger charge is -2.22. The Labute approximate surface area is 75.9 Å². The highest BCUT2D eigenvalue weighted by molar-refractivity contribution is 4.97. The molecule has 0 heterocycles. The fourth-order valence-corrected chi connectivity index (χ4v) is 1.58. The van der Waals surface area contributed by atoms with Crippen molar-refractivity contribution in [2.75, 3.05) is 13.1 Å². The van der Waals surface area contributed by atoms with E-state index in [1.54, 1.807) is 0 Å². The molecule has 0 radical (unpaired) electrons. The maximum Gasteiger partial charge on any atom is 0.0162 e. The molecule has 1 aliphatic rings. The molecule has 1 rings (SSSR count). The van der Waals surface area contributed by atoms with Crippen LogP contribution in [0.4, 0.5) is 0 Å². The molecule has 1 saturated carbocycles. The van der Waals surface area contributed by atoms with Gasteiger partial charge in [0.15, 0.2) is 0 Å². The van der Waals surface area contributed by atoms with Gasteiger partial charge in [0.25, 0.3) is 0 Å². The molecule has 0 aromatic carbocycles. The summed E-state index contributed by atoms with van der Waals surface area (Å²) in [7, 11) is 0. The SMILES string of the molecule is CC(CN)NCC1(C(C)C)CC1. The minimum Gasteiger partial charge on any atom is -0.329 e. The molecule has 0 aromatic heterocycles. The standard InChI is InChI=1S/C10H22N2/c1-8(2)10(4-5-10)7-12-9(3)6-11/h8-9,12H,4-7,11H2,1-3H3. The lowest BCUT2D eigenvalue weighted by Crippen LogP contribution is -2.38. The molecule has 2 heteroatoms. The van der Waals surface area contributed by atoms with Crippen LogP contribution in [0.1, 0.15) is 33.6 Å². The van der Waals surface area contributed by atoms with Crippen molar-refractivity contribution in [2.24, 2.45) is 17.1 Å². The summed E-state index contributed by atoms with van der Waals surface area (Å²) in [6, 6.07) is 0.473. The number of rotatable bonds is 5. The maximum absolute atomic E-state index is 5.54. The summed E-state index contributed by atoms with van der Waals surface area (Å²) in [5, 5.41) is 3.49. The van der Waals surface area contributed by atoms with Crippen LogP contribution in [0, 0.1) is 11.3 Å². The van der Waals surface area contributed by atoms with Gasteiger partial charge in [0.2, 0.25) is 0 Å². The van der Waals surface area contributed by atoms with Crippen LogP contribution in [-0.2, 0) is 0 Å². The van der Waals surface area contributed by atoms with Crippen molar-refractivity contribution in [3.63, 3.8) is 0 Å². The quantitative estimate of drug-likeness (QED) is 0.654. The van der Waals surface area contributed by atoms with Crippen LogP contribution < -0.4 is 11.1 Å². The van der Waals surface area contributed by atoms with Crippen molar-refractivity contribution in [3.8, 4) is 0 Å². The van der Waals surface area contributed by atoms with E-state index in [2.05, 4.69) is 26.1 Å². The minimum absolute atomic E-state index is 0.473. The Balaban J connectivity index is 2.22. The third kappa shape index (κ3) is 2.20. The van der Waals surface area contributed by atoms with E-state index in [1.165, 1.54) is 12.8 Å². The van der Waals surface area contributed by atoms with Gasteiger partial charge in [-0.1, -0.05) is 13.8 Å². The monoisotopic (exact) mass is 170 g/mol. The predicted octanol–water partition coefficient (Wildman–Crippen LogP) is 1.36. The van der Waals surface area contributed by atoms with Gasteiger partial charge >= 0.3 is 0 Å². The van der Waals surface area contributed by atoms with Crippen LogP contribution in [0.3, 0.4) is 0 Å². The van der Waals surface area contributed by atoms with E-state index >= 15 is 0 Å². The highest BCUT2D eigenvalue weighted by Crippen LogP contribution is 2.51. The third-order valence-electron chi connectivity index (χ3n) is 3.27. The normalized spacial score (nSPS) is 22.8. The Kier molecular flexibility index (Phi) is 3.13. The Morgan fingerprint density at radius 1 is 1.33 bits per heavy atom. The van der Waals surface area contributed by atoms with Crippen molar-refractivity contribution in [1.29, 1.82) is 0 Å². The van der Waals surface area contributed by atoms with Gasteiger partial charge in [-0.25, -0.2) is 0 Å². The summed E-state index contributed by atoms with van der Waals surface area (Å²) in [6.45, 7) is 8.69. The Morgan fingerprint density at radius 3 is 2.25 bits per heavy atom. The van der Waals surface area contributed by atoms with Crippen LogP contribution in [0.15, 0.2) is 0 Å². The van der Waals surface area contributed by atoms with E-state index in [9.17, 15) is 0 Å². The molecule has 2 nitrogen and oxygen atoms in total. The van der Waals surface area contributed by atoms with Crippen LogP contribution in [0.5, 0.6) is 0 Å². The van der Waals surface area contributed by atoms with Gasteiger partial charge in [0.1, 0.15) is 0 Å². The van der Waals surface area contributed by atoms with E-state index in [-0.39, 0.29) is 0 Å². The van der Waals surface area contributed by atoms with E-state index in [4.69, 9.17) is 5.73 Å². The van der Waals surface area contributed by atoms with Crippen LogP contribution >= 0.6 is 0 Å². The topological polar surface area (TPSA) is 38.0 Å². The van der Waals surface area contributed by atoms with Crippen molar-refractivity contribution in [1.82, 2.24) is 5.32 Å². The first-order valence-corrected chi connectivity index (χ1v) is 5.04. The Hall–Kier alpha value is -0.0800. The van der Waals surface area contributed by atoms with Crippen molar-refractivity contribution < 1.29 is 0 Å². The molecule has 0 aliphatic heterocycles. The Bertz CT molecular complexity index is 139. The molecule has 0 amide bonds. The molecule has 1 fully saturated rings. The molecule has 72 valence electrons. The minimum atomic E-state index is 0.473.